The van der Waals surface area contributed by atoms with Crippen LogP contribution in [0.25, 0.3) is 0 Å². The van der Waals surface area contributed by atoms with Crippen LogP contribution in [0.15, 0.2) is 36.5 Å². The Labute approximate surface area is 131 Å². The zero-order chi connectivity index (χ0) is 15.1. The van der Waals surface area contributed by atoms with E-state index in [1.165, 1.54) is 5.69 Å². The summed E-state index contributed by atoms with van der Waals surface area (Å²) in [5, 5.41) is 8.38. The minimum Gasteiger partial charge on any atom is -0.492 e. The first-order valence-corrected chi connectivity index (χ1v) is 7.65. The molecule has 21 heavy (non-hydrogen) atoms. The van der Waals surface area contributed by atoms with Crippen LogP contribution in [0.3, 0.4) is 0 Å². The van der Waals surface area contributed by atoms with Crippen molar-refractivity contribution in [3.8, 4) is 5.75 Å². The van der Waals surface area contributed by atoms with Gasteiger partial charge in [0.25, 0.3) is 0 Å². The maximum atomic E-state index is 5.87. The Balaban J connectivity index is 1.83. The van der Waals surface area contributed by atoms with Crippen LogP contribution in [0.5, 0.6) is 5.75 Å². The van der Waals surface area contributed by atoms with Crippen LogP contribution in [0, 0.1) is 0 Å². The molecule has 0 fully saturated rings. The minimum absolute atomic E-state index is 0.320. The molecule has 2 rings (SSSR count). The lowest BCUT2D eigenvalue weighted by atomic mass is 10.1. The molecule has 0 spiro atoms. The molecule has 1 aromatic carbocycles. The highest BCUT2D eigenvalue weighted by molar-refractivity contribution is 6.30. The first-order valence-electron chi connectivity index (χ1n) is 7.27. The monoisotopic (exact) mass is 307 g/mol. The van der Waals surface area contributed by atoms with Gasteiger partial charge in [0.15, 0.2) is 0 Å². The predicted octanol–water partition coefficient (Wildman–Crippen LogP) is 3.06. The van der Waals surface area contributed by atoms with Crippen molar-refractivity contribution in [3.05, 3.63) is 47.2 Å². The predicted molar refractivity (Wildman–Crippen MR) is 85.9 cm³/mol. The van der Waals surface area contributed by atoms with Gasteiger partial charge in [0.1, 0.15) is 12.4 Å². The van der Waals surface area contributed by atoms with Gasteiger partial charge in [-0.05, 0) is 49.7 Å². The van der Waals surface area contributed by atoms with Crippen LogP contribution in [0.4, 0.5) is 0 Å². The average Bonchev–Trinajstić information content (AvgIpc) is 2.89. The second-order valence-corrected chi connectivity index (χ2v) is 5.44. The molecule has 5 heteroatoms. The number of likely N-dealkylation sites (N-methyl/N-ethyl adjacent to an activating group) is 1. The highest BCUT2D eigenvalue weighted by atomic mass is 35.5. The topological polar surface area (TPSA) is 39.1 Å². The molecular formula is C16H22ClN3O. The van der Waals surface area contributed by atoms with Gasteiger partial charge in [0.2, 0.25) is 0 Å². The van der Waals surface area contributed by atoms with Gasteiger partial charge in [-0.1, -0.05) is 18.5 Å². The number of nitrogens with zero attached hydrogens (tertiary/aromatic N) is 2. The summed E-state index contributed by atoms with van der Waals surface area (Å²) < 4.78 is 7.75. The zero-order valence-corrected chi connectivity index (χ0v) is 13.3. The van der Waals surface area contributed by atoms with E-state index in [9.17, 15) is 0 Å². The molecule has 1 heterocycles. The van der Waals surface area contributed by atoms with E-state index in [1.54, 1.807) is 0 Å². The van der Waals surface area contributed by atoms with Gasteiger partial charge in [-0.25, -0.2) is 0 Å². The lowest BCUT2D eigenvalue weighted by Crippen LogP contribution is -2.35. The second-order valence-electron chi connectivity index (χ2n) is 5.00. The summed E-state index contributed by atoms with van der Waals surface area (Å²) in [5.74, 6) is 0.850. The molecule has 4 nitrogen and oxygen atoms in total. The molecule has 2 aromatic rings. The number of aromatic nitrogens is 2. The highest BCUT2D eigenvalue weighted by Gasteiger charge is 2.10. The summed E-state index contributed by atoms with van der Waals surface area (Å²) in [6.07, 6.45) is 3.83. The summed E-state index contributed by atoms with van der Waals surface area (Å²) in [4.78, 5) is 0. The molecule has 0 radical (unpaired) electrons. The molecule has 114 valence electrons. The van der Waals surface area contributed by atoms with Crippen molar-refractivity contribution in [2.75, 3.05) is 13.2 Å². The Morgan fingerprint density at radius 2 is 2.05 bits per heavy atom. The van der Waals surface area contributed by atoms with Gasteiger partial charge < -0.3 is 10.1 Å². The Hall–Kier alpha value is -1.52. The number of hydrogen-bond acceptors (Lipinski definition) is 3. The zero-order valence-electron chi connectivity index (χ0n) is 12.6. The average molecular weight is 308 g/mol. The highest BCUT2D eigenvalue weighted by Crippen LogP contribution is 2.16. The Morgan fingerprint density at radius 1 is 1.29 bits per heavy atom. The van der Waals surface area contributed by atoms with Gasteiger partial charge in [-0.3, -0.25) is 4.68 Å². The van der Waals surface area contributed by atoms with Crippen LogP contribution in [-0.2, 0) is 13.5 Å². The van der Waals surface area contributed by atoms with Crippen molar-refractivity contribution in [2.45, 2.75) is 25.8 Å². The second kappa shape index (κ2) is 8.05. The molecule has 0 saturated carbocycles. The number of benzene rings is 1. The third-order valence-corrected chi connectivity index (χ3v) is 3.68. The van der Waals surface area contributed by atoms with Crippen LogP contribution in [-0.4, -0.2) is 29.0 Å². The fraction of sp³-hybridized carbons (Fsp3) is 0.438. The quantitative estimate of drug-likeness (QED) is 0.814. The number of hydrogen-bond donors (Lipinski definition) is 1. The van der Waals surface area contributed by atoms with Crippen molar-refractivity contribution in [1.82, 2.24) is 15.1 Å². The standard InChI is InChI=1S/C16H22ClN3O/c1-3-18-14(6-7-15-10-11-19-20(15)2)12-21-16-8-4-13(17)5-9-16/h4-5,8-11,14,18H,3,6-7,12H2,1-2H3. The lowest BCUT2D eigenvalue weighted by molar-refractivity contribution is 0.258. The largest absolute Gasteiger partial charge is 0.492 e. The van der Waals surface area contributed by atoms with Crippen LogP contribution in [0.1, 0.15) is 19.0 Å². The van der Waals surface area contributed by atoms with Crippen molar-refractivity contribution >= 4 is 11.6 Å². The summed E-state index contributed by atoms with van der Waals surface area (Å²) in [7, 11) is 1.97. The van der Waals surface area contributed by atoms with Gasteiger partial charge >= 0.3 is 0 Å². The van der Waals surface area contributed by atoms with E-state index < -0.39 is 0 Å². The fourth-order valence-electron chi connectivity index (χ4n) is 2.23. The van der Waals surface area contributed by atoms with Crippen molar-refractivity contribution < 1.29 is 4.74 Å². The maximum absolute atomic E-state index is 5.87. The van der Waals surface area contributed by atoms with E-state index in [2.05, 4.69) is 23.4 Å². The van der Waals surface area contributed by atoms with Gasteiger partial charge in [-0.2, -0.15) is 5.10 Å². The van der Waals surface area contributed by atoms with E-state index in [-0.39, 0.29) is 0 Å². The first kappa shape index (κ1) is 15.9. The third kappa shape index (κ3) is 5.06. The molecular weight excluding hydrogens is 286 g/mol. The van der Waals surface area contributed by atoms with Gasteiger partial charge in [0.05, 0.1) is 0 Å². The van der Waals surface area contributed by atoms with Gasteiger partial charge in [-0.15, -0.1) is 0 Å². The number of aryl methyl sites for hydroxylation is 2. The lowest BCUT2D eigenvalue weighted by Gasteiger charge is -2.18. The molecule has 0 aliphatic heterocycles. The number of halogens is 1. The van der Waals surface area contributed by atoms with Crippen LogP contribution < -0.4 is 10.1 Å². The molecule has 1 atom stereocenters. The van der Waals surface area contributed by atoms with Crippen LogP contribution in [0.2, 0.25) is 5.02 Å². The normalized spacial score (nSPS) is 12.3. The molecule has 0 aliphatic rings. The van der Waals surface area contributed by atoms with E-state index in [0.29, 0.717) is 12.6 Å². The van der Waals surface area contributed by atoms with E-state index in [0.717, 1.165) is 30.2 Å². The molecule has 1 N–H and O–H groups in total. The van der Waals surface area contributed by atoms with Crippen molar-refractivity contribution in [3.63, 3.8) is 0 Å². The number of ether oxygens (including phenoxy) is 1. The summed E-state index contributed by atoms with van der Waals surface area (Å²) in [6.45, 7) is 3.69. The molecule has 0 bridgehead atoms. The summed E-state index contributed by atoms with van der Waals surface area (Å²) in [5.41, 5.74) is 1.24. The van der Waals surface area contributed by atoms with Crippen molar-refractivity contribution in [1.29, 1.82) is 0 Å². The van der Waals surface area contributed by atoms with Gasteiger partial charge in [0, 0.05) is 30.0 Å². The Morgan fingerprint density at radius 3 is 2.67 bits per heavy atom. The Kier molecular flexibility index (Phi) is 6.08. The maximum Gasteiger partial charge on any atom is 0.119 e. The third-order valence-electron chi connectivity index (χ3n) is 3.43. The van der Waals surface area contributed by atoms with E-state index >= 15 is 0 Å². The number of nitrogens with one attached hydrogen (secondary N) is 1. The van der Waals surface area contributed by atoms with Crippen LogP contribution >= 0.6 is 11.6 Å². The molecule has 0 aliphatic carbocycles. The summed E-state index contributed by atoms with van der Waals surface area (Å²) >= 11 is 5.87. The SMILES string of the molecule is CCNC(CCc1ccnn1C)COc1ccc(Cl)cc1. The molecule has 1 unspecified atom stereocenters. The Bertz CT molecular complexity index is 539. The summed E-state index contributed by atoms with van der Waals surface area (Å²) in [6, 6.07) is 9.85. The smallest absolute Gasteiger partial charge is 0.119 e. The fourth-order valence-corrected chi connectivity index (χ4v) is 2.36. The number of rotatable bonds is 8. The minimum atomic E-state index is 0.320. The molecule has 1 aromatic heterocycles. The molecule has 0 saturated heterocycles. The van der Waals surface area contributed by atoms with E-state index in [4.69, 9.17) is 16.3 Å². The molecule has 0 amide bonds. The van der Waals surface area contributed by atoms with E-state index in [1.807, 2.05) is 42.2 Å². The van der Waals surface area contributed by atoms with Crippen molar-refractivity contribution in [2.24, 2.45) is 7.05 Å². The first-order chi connectivity index (χ1) is 10.2.